The molecule has 30 heavy (non-hydrogen) atoms. The van der Waals surface area contributed by atoms with E-state index in [-0.39, 0.29) is 23.3 Å². The van der Waals surface area contributed by atoms with Gasteiger partial charge < -0.3 is 19.8 Å². The minimum absolute atomic E-state index is 0.105. The lowest BCUT2D eigenvalue weighted by Gasteiger charge is -2.08. The molecule has 0 saturated heterocycles. The lowest BCUT2D eigenvalue weighted by atomic mass is 10.1. The van der Waals surface area contributed by atoms with Crippen molar-refractivity contribution in [1.29, 1.82) is 0 Å². The molecule has 0 unspecified atom stereocenters. The molecule has 2 N–H and O–H groups in total. The normalized spacial score (nSPS) is 10.6. The van der Waals surface area contributed by atoms with Gasteiger partial charge in [0.05, 0.1) is 11.7 Å². The lowest BCUT2D eigenvalue weighted by Crippen LogP contribution is -2.16. The van der Waals surface area contributed by atoms with Crippen LogP contribution >= 0.6 is 0 Å². The number of rotatable bonds is 8. The molecular weight excluding hydrogens is 388 g/mol. The zero-order valence-electron chi connectivity index (χ0n) is 17.8. The second-order valence-electron chi connectivity index (χ2n) is 7.06. The number of esters is 2. The van der Waals surface area contributed by atoms with Gasteiger partial charge in [0.15, 0.2) is 12.4 Å². The minimum Gasteiger partial charge on any atom is -0.459 e. The fourth-order valence-electron chi connectivity index (χ4n) is 2.81. The van der Waals surface area contributed by atoms with E-state index in [4.69, 9.17) is 9.47 Å². The first-order valence-corrected chi connectivity index (χ1v) is 9.64. The van der Waals surface area contributed by atoms with Crippen molar-refractivity contribution in [1.82, 2.24) is 4.98 Å². The molecule has 2 rings (SSSR count). The summed E-state index contributed by atoms with van der Waals surface area (Å²) in [4.78, 5) is 51.2. The number of ketones is 1. The van der Waals surface area contributed by atoms with Gasteiger partial charge in [-0.2, -0.15) is 0 Å². The number of benzene rings is 1. The van der Waals surface area contributed by atoms with Crippen LogP contribution in [0.25, 0.3) is 0 Å². The van der Waals surface area contributed by atoms with Gasteiger partial charge in [0, 0.05) is 23.4 Å². The number of hydrogen-bond donors (Lipinski definition) is 2. The monoisotopic (exact) mass is 414 g/mol. The summed E-state index contributed by atoms with van der Waals surface area (Å²) in [5.41, 5.74) is 2.21. The summed E-state index contributed by atoms with van der Waals surface area (Å²) in [5.74, 6) is -1.78. The van der Waals surface area contributed by atoms with Crippen molar-refractivity contribution in [3.63, 3.8) is 0 Å². The number of carbonyl (C=O) groups is 4. The smallest absolute Gasteiger partial charge is 0.355 e. The molecule has 0 aliphatic carbocycles. The summed E-state index contributed by atoms with van der Waals surface area (Å²) in [6, 6.07) is 6.30. The molecular formula is C22H26N2O6. The van der Waals surface area contributed by atoms with E-state index in [2.05, 4.69) is 10.3 Å². The van der Waals surface area contributed by atoms with Gasteiger partial charge in [-0.05, 0) is 57.5 Å². The van der Waals surface area contributed by atoms with E-state index < -0.39 is 24.3 Å². The largest absolute Gasteiger partial charge is 0.459 e. The quantitative estimate of drug-likeness (QED) is 0.504. The summed E-state index contributed by atoms with van der Waals surface area (Å²) in [7, 11) is 0. The topological polar surface area (TPSA) is 115 Å². The Morgan fingerprint density at radius 1 is 1.03 bits per heavy atom. The number of H-pyrrole nitrogens is 1. The van der Waals surface area contributed by atoms with Crippen LogP contribution in [0.5, 0.6) is 0 Å². The van der Waals surface area contributed by atoms with Crippen LogP contribution in [0.4, 0.5) is 5.69 Å². The molecule has 0 fully saturated rings. The number of aromatic amines is 1. The highest BCUT2D eigenvalue weighted by Gasteiger charge is 2.25. The predicted octanol–water partition coefficient (Wildman–Crippen LogP) is 3.58. The first-order valence-electron chi connectivity index (χ1n) is 9.64. The van der Waals surface area contributed by atoms with Crippen molar-refractivity contribution in [3.8, 4) is 0 Å². The summed E-state index contributed by atoms with van der Waals surface area (Å²) in [6.45, 7) is 8.03. The molecule has 1 aromatic heterocycles. The van der Waals surface area contributed by atoms with Gasteiger partial charge in [-0.15, -0.1) is 0 Å². The van der Waals surface area contributed by atoms with E-state index in [0.717, 1.165) is 0 Å². The van der Waals surface area contributed by atoms with E-state index in [1.54, 1.807) is 58.9 Å². The fourth-order valence-corrected chi connectivity index (χ4v) is 2.81. The second-order valence-corrected chi connectivity index (χ2v) is 7.06. The van der Waals surface area contributed by atoms with Crippen LogP contribution in [0.3, 0.4) is 0 Å². The highest BCUT2D eigenvalue weighted by Crippen LogP contribution is 2.20. The summed E-state index contributed by atoms with van der Waals surface area (Å²) < 4.78 is 10.3. The highest BCUT2D eigenvalue weighted by molar-refractivity contribution is 6.01. The molecule has 1 amide bonds. The van der Waals surface area contributed by atoms with Gasteiger partial charge in [0.25, 0.3) is 0 Å². The Morgan fingerprint density at radius 3 is 2.23 bits per heavy atom. The van der Waals surface area contributed by atoms with E-state index >= 15 is 0 Å². The molecule has 0 aliphatic rings. The Kier molecular flexibility index (Phi) is 7.52. The van der Waals surface area contributed by atoms with Crippen molar-refractivity contribution in [2.24, 2.45) is 0 Å². The molecule has 8 nitrogen and oxygen atoms in total. The molecule has 8 heteroatoms. The number of nitrogens with one attached hydrogen (secondary N) is 2. The second kappa shape index (κ2) is 9.87. The number of hydrogen-bond acceptors (Lipinski definition) is 6. The molecule has 0 radical (unpaired) electrons. The molecule has 1 aromatic carbocycles. The zero-order chi connectivity index (χ0) is 22.4. The summed E-state index contributed by atoms with van der Waals surface area (Å²) in [5, 5.41) is 2.69. The first kappa shape index (κ1) is 22.9. The number of Topliss-reactive ketones (excluding diaryl/α,β-unsaturated/α-hetero) is 1. The van der Waals surface area contributed by atoms with E-state index in [1.807, 2.05) is 0 Å². The fraction of sp³-hybridized carbons (Fsp3) is 0.364. The number of aromatic nitrogens is 1. The van der Waals surface area contributed by atoms with Crippen molar-refractivity contribution < 1.29 is 28.7 Å². The van der Waals surface area contributed by atoms with Gasteiger partial charge in [0.2, 0.25) is 5.91 Å². The average Bonchev–Trinajstić information content (AvgIpc) is 3.00. The van der Waals surface area contributed by atoms with Gasteiger partial charge in [-0.25, -0.2) is 9.59 Å². The maximum atomic E-state index is 12.4. The third kappa shape index (κ3) is 5.56. The minimum atomic E-state index is -0.737. The standard InChI is InChI=1S/C22H26N2O6/c1-6-18(26)24-16-9-7-15(8-10-16)17(25)11-29-22(28)20-13(4)19(14(5)23-20)21(27)30-12(2)3/h7-10,12,23H,6,11H2,1-5H3,(H,24,26). The molecule has 1 heterocycles. The third-order valence-electron chi connectivity index (χ3n) is 4.33. The highest BCUT2D eigenvalue weighted by atomic mass is 16.5. The number of ether oxygens (including phenoxy) is 2. The number of anilines is 1. The van der Waals surface area contributed by atoms with Crippen LogP contribution in [0, 0.1) is 13.8 Å². The first-order chi connectivity index (χ1) is 14.1. The van der Waals surface area contributed by atoms with Gasteiger partial charge in [-0.1, -0.05) is 6.92 Å². The van der Waals surface area contributed by atoms with Gasteiger partial charge in [0.1, 0.15) is 5.69 Å². The zero-order valence-corrected chi connectivity index (χ0v) is 17.8. The van der Waals surface area contributed by atoms with Crippen molar-refractivity contribution in [2.45, 2.75) is 47.1 Å². The van der Waals surface area contributed by atoms with Crippen LogP contribution in [0.1, 0.15) is 69.7 Å². The van der Waals surface area contributed by atoms with E-state index in [1.165, 1.54) is 0 Å². The Bertz CT molecular complexity index is 957. The van der Waals surface area contributed by atoms with Crippen LogP contribution in [0.15, 0.2) is 24.3 Å². The Morgan fingerprint density at radius 2 is 1.67 bits per heavy atom. The van der Waals surface area contributed by atoms with Crippen molar-refractivity contribution in [3.05, 3.63) is 52.3 Å². The van der Waals surface area contributed by atoms with Gasteiger partial charge in [-0.3, -0.25) is 9.59 Å². The van der Waals surface area contributed by atoms with Crippen LogP contribution in [0.2, 0.25) is 0 Å². The number of carbonyl (C=O) groups excluding carboxylic acids is 4. The Balaban J connectivity index is 2.03. The molecule has 0 bridgehead atoms. The predicted molar refractivity (Wildman–Crippen MR) is 111 cm³/mol. The van der Waals surface area contributed by atoms with E-state index in [0.29, 0.717) is 28.9 Å². The molecule has 2 aromatic rings. The molecule has 0 saturated carbocycles. The third-order valence-corrected chi connectivity index (χ3v) is 4.33. The lowest BCUT2D eigenvalue weighted by molar-refractivity contribution is -0.115. The van der Waals surface area contributed by atoms with Crippen LogP contribution in [-0.2, 0) is 14.3 Å². The average molecular weight is 414 g/mol. The number of aryl methyl sites for hydroxylation is 1. The van der Waals surface area contributed by atoms with Crippen LogP contribution < -0.4 is 5.32 Å². The van der Waals surface area contributed by atoms with Crippen molar-refractivity contribution >= 4 is 29.3 Å². The summed E-state index contributed by atoms with van der Waals surface area (Å²) in [6.07, 6.45) is 0.0615. The van der Waals surface area contributed by atoms with Crippen molar-refractivity contribution in [2.75, 3.05) is 11.9 Å². The van der Waals surface area contributed by atoms with Gasteiger partial charge >= 0.3 is 11.9 Å². The Hall–Kier alpha value is -3.42. The maximum Gasteiger partial charge on any atom is 0.355 e. The molecule has 160 valence electrons. The molecule has 0 atom stereocenters. The van der Waals surface area contributed by atoms with E-state index in [9.17, 15) is 19.2 Å². The van der Waals surface area contributed by atoms with Crippen LogP contribution in [-0.4, -0.2) is 41.3 Å². The SMILES string of the molecule is CCC(=O)Nc1ccc(C(=O)COC(=O)c2[nH]c(C)c(C(=O)OC(C)C)c2C)cc1. The molecule has 0 aliphatic heterocycles. The maximum absolute atomic E-state index is 12.4. The Labute approximate surface area is 175 Å². The molecule has 0 spiro atoms. The number of amides is 1. The summed E-state index contributed by atoms with van der Waals surface area (Å²) >= 11 is 0.